The fourth-order valence-electron chi connectivity index (χ4n) is 1.84. The minimum absolute atomic E-state index is 0.0241. The van der Waals surface area contributed by atoms with Crippen molar-refractivity contribution in [2.24, 2.45) is 0 Å². The van der Waals surface area contributed by atoms with Gasteiger partial charge in [0, 0.05) is 10.5 Å². The van der Waals surface area contributed by atoms with Crippen LogP contribution in [-0.2, 0) is 15.9 Å². The maximum Gasteiger partial charge on any atom is 0.496 e. The van der Waals surface area contributed by atoms with E-state index in [4.69, 9.17) is 20.9 Å². The largest absolute Gasteiger partial charge is 0.496 e. The smallest absolute Gasteiger partial charge is 0.399 e. The Kier molecular flexibility index (Phi) is 3.49. The first kappa shape index (κ1) is 13.9. The molecule has 1 N–H and O–H groups in total. The van der Waals surface area contributed by atoms with Crippen molar-refractivity contribution < 1.29 is 14.4 Å². The van der Waals surface area contributed by atoms with Crippen LogP contribution < -0.4 is 5.46 Å². The van der Waals surface area contributed by atoms with Gasteiger partial charge in [-0.3, -0.25) is 0 Å². The van der Waals surface area contributed by atoms with Crippen molar-refractivity contribution in [3.05, 3.63) is 28.8 Å². The van der Waals surface area contributed by atoms with Crippen molar-refractivity contribution in [1.29, 1.82) is 0 Å². The molecule has 1 heterocycles. The molecular formula is C13H18BClO3. The quantitative estimate of drug-likeness (QED) is 0.835. The zero-order chi connectivity index (χ0) is 13.6. The summed E-state index contributed by atoms with van der Waals surface area (Å²) < 4.78 is 11.9. The van der Waals surface area contributed by atoms with Crippen LogP contribution in [0.4, 0.5) is 0 Å². The van der Waals surface area contributed by atoms with E-state index in [9.17, 15) is 5.11 Å². The van der Waals surface area contributed by atoms with Gasteiger partial charge in [0.1, 0.15) is 0 Å². The molecule has 0 aromatic heterocycles. The highest BCUT2D eigenvalue weighted by molar-refractivity contribution is 6.65. The standard InChI is InChI=1S/C13H18BClO3/c1-12(2)13(3,4)18-14(17-12)10-7-9(8-16)5-6-11(10)15/h5-7,16H,8H2,1-4H3. The predicted molar refractivity (Wildman–Crippen MR) is 73.1 cm³/mol. The highest BCUT2D eigenvalue weighted by Gasteiger charge is 2.52. The average molecular weight is 269 g/mol. The van der Waals surface area contributed by atoms with E-state index in [1.165, 1.54) is 0 Å². The highest BCUT2D eigenvalue weighted by atomic mass is 35.5. The van der Waals surface area contributed by atoms with Gasteiger partial charge in [0.2, 0.25) is 0 Å². The Morgan fingerprint density at radius 1 is 1.17 bits per heavy atom. The SMILES string of the molecule is CC1(C)OB(c2cc(CO)ccc2Cl)OC1(C)C. The van der Waals surface area contributed by atoms with E-state index in [2.05, 4.69) is 0 Å². The van der Waals surface area contributed by atoms with Gasteiger partial charge in [-0.25, -0.2) is 0 Å². The molecule has 0 atom stereocenters. The fraction of sp³-hybridized carbons (Fsp3) is 0.538. The molecule has 18 heavy (non-hydrogen) atoms. The first-order chi connectivity index (χ1) is 8.27. The van der Waals surface area contributed by atoms with Gasteiger partial charge >= 0.3 is 7.12 Å². The van der Waals surface area contributed by atoms with Crippen LogP contribution in [0.5, 0.6) is 0 Å². The van der Waals surface area contributed by atoms with E-state index >= 15 is 0 Å². The lowest BCUT2D eigenvalue weighted by molar-refractivity contribution is 0.00578. The zero-order valence-corrected chi connectivity index (χ0v) is 11.9. The summed E-state index contributed by atoms with van der Waals surface area (Å²) in [7, 11) is -0.492. The Balaban J connectivity index is 2.34. The second kappa shape index (κ2) is 4.53. The van der Waals surface area contributed by atoms with Crippen molar-refractivity contribution in [3.8, 4) is 0 Å². The average Bonchev–Trinajstić information content (AvgIpc) is 2.48. The summed E-state index contributed by atoms with van der Waals surface area (Å²) in [6.45, 7) is 7.96. The van der Waals surface area contributed by atoms with Crippen molar-refractivity contribution in [2.45, 2.75) is 45.5 Å². The van der Waals surface area contributed by atoms with Crippen LogP contribution in [0.2, 0.25) is 5.02 Å². The predicted octanol–water partition coefficient (Wildman–Crippen LogP) is 2.13. The molecule has 0 unspecified atom stereocenters. The fourth-order valence-corrected chi connectivity index (χ4v) is 2.05. The van der Waals surface area contributed by atoms with E-state index in [0.29, 0.717) is 5.02 Å². The molecule has 1 aliphatic heterocycles. The molecule has 1 aromatic carbocycles. The molecule has 1 fully saturated rings. The van der Waals surface area contributed by atoms with Gasteiger partial charge in [0.15, 0.2) is 0 Å². The van der Waals surface area contributed by atoms with Crippen molar-refractivity contribution in [3.63, 3.8) is 0 Å². The number of aliphatic hydroxyl groups excluding tert-OH is 1. The minimum Gasteiger partial charge on any atom is -0.399 e. The van der Waals surface area contributed by atoms with E-state index in [1.54, 1.807) is 12.1 Å². The van der Waals surface area contributed by atoms with Gasteiger partial charge in [-0.05, 0) is 39.3 Å². The second-order valence-corrected chi connectivity index (χ2v) is 6.01. The molecule has 5 heteroatoms. The molecule has 1 saturated heterocycles. The van der Waals surface area contributed by atoms with Gasteiger partial charge in [-0.1, -0.05) is 23.7 Å². The van der Waals surface area contributed by atoms with Crippen LogP contribution in [0.1, 0.15) is 33.3 Å². The van der Waals surface area contributed by atoms with Crippen molar-refractivity contribution in [2.75, 3.05) is 0 Å². The van der Waals surface area contributed by atoms with E-state index in [-0.39, 0.29) is 6.61 Å². The summed E-state index contributed by atoms with van der Waals surface area (Å²) in [5.41, 5.74) is 0.776. The lowest BCUT2D eigenvalue weighted by Crippen LogP contribution is -2.41. The van der Waals surface area contributed by atoms with Crippen LogP contribution in [0, 0.1) is 0 Å². The van der Waals surface area contributed by atoms with Crippen LogP contribution in [0.3, 0.4) is 0 Å². The van der Waals surface area contributed by atoms with Crippen molar-refractivity contribution in [1.82, 2.24) is 0 Å². The van der Waals surface area contributed by atoms with Gasteiger partial charge in [0.05, 0.1) is 17.8 Å². The molecule has 1 aromatic rings. The minimum atomic E-state index is -0.492. The van der Waals surface area contributed by atoms with Crippen molar-refractivity contribution >= 4 is 24.2 Å². The van der Waals surface area contributed by atoms with Crippen LogP contribution in [0.15, 0.2) is 18.2 Å². The molecule has 0 amide bonds. The van der Waals surface area contributed by atoms with Crippen LogP contribution in [-0.4, -0.2) is 23.4 Å². The summed E-state index contributed by atoms with van der Waals surface area (Å²) in [6, 6.07) is 5.37. The number of aliphatic hydroxyl groups is 1. The molecule has 0 spiro atoms. The number of halogens is 1. The zero-order valence-electron chi connectivity index (χ0n) is 11.2. The lowest BCUT2D eigenvalue weighted by atomic mass is 9.78. The van der Waals surface area contributed by atoms with E-state index in [1.807, 2.05) is 33.8 Å². The summed E-state index contributed by atoms with van der Waals surface area (Å²) in [5, 5.41) is 9.76. The van der Waals surface area contributed by atoms with Gasteiger partial charge < -0.3 is 14.4 Å². The Morgan fingerprint density at radius 2 is 1.72 bits per heavy atom. The third-order valence-corrected chi connectivity index (χ3v) is 4.09. The highest BCUT2D eigenvalue weighted by Crippen LogP contribution is 2.37. The van der Waals surface area contributed by atoms with Gasteiger partial charge in [-0.15, -0.1) is 0 Å². The second-order valence-electron chi connectivity index (χ2n) is 5.60. The maximum atomic E-state index is 9.18. The number of rotatable bonds is 2. The molecule has 1 aliphatic rings. The number of hydrogen-bond donors (Lipinski definition) is 1. The van der Waals surface area contributed by atoms with E-state index < -0.39 is 18.3 Å². The first-order valence-electron chi connectivity index (χ1n) is 6.02. The normalized spacial score (nSPS) is 21.3. The molecule has 2 rings (SSSR count). The molecule has 0 aliphatic carbocycles. The summed E-state index contributed by atoms with van der Waals surface area (Å²) >= 11 is 6.18. The summed E-state index contributed by atoms with van der Waals surface area (Å²) in [4.78, 5) is 0. The monoisotopic (exact) mass is 268 g/mol. The third kappa shape index (κ3) is 2.30. The van der Waals surface area contributed by atoms with E-state index in [0.717, 1.165) is 11.0 Å². The summed E-state index contributed by atoms with van der Waals surface area (Å²) in [6.07, 6.45) is 0. The molecule has 3 nitrogen and oxygen atoms in total. The Hall–Kier alpha value is -0.545. The Morgan fingerprint density at radius 3 is 2.22 bits per heavy atom. The first-order valence-corrected chi connectivity index (χ1v) is 6.39. The Labute approximate surface area is 113 Å². The molecule has 0 bridgehead atoms. The topological polar surface area (TPSA) is 38.7 Å². The lowest BCUT2D eigenvalue weighted by Gasteiger charge is -2.32. The third-order valence-electron chi connectivity index (χ3n) is 3.75. The van der Waals surface area contributed by atoms with Crippen LogP contribution >= 0.6 is 11.6 Å². The van der Waals surface area contributed by atoms with Gasteiger partial charge in [0.25, 0.3) is 0 Å². The van der Waals surface area contributed by atoms with Crippen LogP contribution in [0.25, 0.3) is 0 Å². The molecule has 0 radical (unpaired) electrons. The number of hydrogen-bond acceptors (Lipinski definition) is 3. The Bertz CT molecular complexity index is 444. The molecule has 98 valence electrons. The maximum absolute atomic E-state index is 9.18. The van der Waals surface area contributed by atoms with Gasteiger partial charge in [-0.2, -0.15) is 0 Å². The molecule has 0 saturated carbocycles. The molecular weight excluding hydrogens is 250 g/mol. The summed E-state index contributed by atoms with van der Waals surface area (Å²) in [5.74, 6) is 0. The number of benzene rings is 1.